The summed E-state index contributed by atoms with van der Waals surface area (Å²) in [5.74, 6) is 4.68. The summed E-state index contributed by atoms with van der Waals surface area (Å²) >= 11 is 0. The topological polar surface area (TPSA) is 38.4 Å². The molecule has 0 unspecified atom stereocenters. The van der Waals surface area contributed by atoms with Crippen molar-refractivity contribution in [2.45, 2.75) is 13.3 Å². The van der Waals surface area contributed by atoms with E-state index in [0.29, 0.717) is 5.56 Å². The van der Waals surface area contributed by atoms with Gasteiger partial charge in [0.05, 0.1) is 6.21 Å². The fourth-order valence-electron chi connectivity index (χ4n) is 1.11. The molecular weight excluding hydrogens is 155 g/mol. The Kier molecular flexibility index (Phi) is 2.80. The summed E-state index contributed by atoms with van der Waals surface area (Å²) in [6.45, 7) is 1.96. The molecule has 0 aliphatic carbocycles. The van der Waals surface area contributed by atoms with E-state index in [1.807, 2.05) is 13.0 Å². The highest BCUT2D eigenvalue weighted by molar-refractivity contribution is 5.81. The molecule has 1 rings (SSSR count). The van der Waals surface area contributed by atoms with Gasteiger partial charge in [0, 0.05) is 5.56 Å². The quantitative estimate of drug-likeness (QED) is 0.405. The average Bonchev–Trinajstić information content (AvgIpc) is 2.09. The number of hydrogen-bond donors (Lipinski definition) is 1. The number of halogens is 1. The molecule has 0 aliphatic rings. The summed E-state index contributed by atoms with van der Waals surface area (Å²) in [6.07, 6.45) is 2.12. The van der Waals surface area contributed by atoms with Crippen LogP contribution < -0.4 is 5.84 Å². The van der Waals surface area contributed by atoms with E-state index in [-0.39, 0.29) is 5.82 Å². The zero-order valence-electron chi connectivity index (χ0n) is 6.92. The lowest BCUT2D eigenvalue weighted by Crippen LogP contribution is -1.97. The highest BCUT2D eigenvalue weighted by Gasteiger charge is 2.03. The van der Waals surface area contributed by atoms with E-state index in [2.05, 4.69) is 5.10 Å². The summed E-state index contributed by atoms with van der Waals surface area (Å²) in [4.78, 5) is 0. The Balaban J connectivity index is 3.19. The maximum absolute atomic E-state index is 13.1. The third-order valence-electron chi connectivity index (χ3n) is 1.73. The molecule has 0 saturated carbocycles. The van der Waals surface area contributed by atoms with Gasteiger partial charge in [0.1, 0.15) is 5.82 Å². The number of hydrazone groups is 1. The van der Waals surface area contributed by atoms with Crippen LogP contribution in [0.25, 0.3) is 0 Å². The number of hydrogen-bond acceptors (Lipinski definition) is 2. The molecule has 0 atom stereocenters. The Morgan fingerprint density at radius 2 is 2.33 bits per heavy atom. The first-order valence-electron chi connectivity index (χ1n) is 3.80. The summed E-state index contributed by atoms with van der Waals surface area (Å²) in [6, 6.07) is 4.94. The van der Waals surface area contributed by atoms with Gasteiger partial charge in [0.25, 0.3) is 0 Å². The van der Waals surface area contributed by atoms with Crippen LogP contribution in [0.1, 0.15) is 18.1 Å². The second-order valence-electron chi connectivity index (χ2n) is 2.44. The van der Waals surface area contributed by atoms with E-state index in [1.165, 1.54) is 12.3 Å². The van der Waals surface area contributed by atoms with Gasteiger partial charge in [0.2, 0.25) is 0 Å². The Labute approximate surface area is 70.9 Å². The SMILES string of the molecule is CCc1cccc(F)c1/C=N/N. The van der Waals surface area contributed by atoms with Gasteiger partial charge in [-0.3, -0.25) is 0 Å². The maximum atomic E-state index is 13.1. The van der Waals surface area contributed by atoms with E-state index >= 15 is 0 Å². The van der Waals surface area contributed by atoms with Crippen molar-refractivity contribution in [3.8, 4) is 0 Å². The second kappa shape index (κ2) is 3.85. The fourth-order valence-corrected chi connectivity index (χ4v) is 1.11. The largest absolute Gasteiger partial charge is 0.323 e. The molecule has 0 fully saturated rings. The zero-order valence-corrected chi connectivity index (χ0v) is 6.92. The highest BCUT2D eigenvalue weighted by atomic mass is 19.1. The van der Waals surface area contributed by atoms with Crippen LogP contribution in [-0.4, -0.2) is 6.21 Å². The van der Waals surface area contributed by atoms with Crippen molar-refractivity contribution in [3.05, 3.63) is 35.1 Å². The van der Waals surface area contributed by atoms with Gasteiger partial charge in [0.15, 0.2) is 0 Å². The normalized spacial score (nSPS) is 10.8. The zero-order chi connectivity index (χ0) is 8.97. The first-order valence-corrected chi connectivity index (χ1v) is 3.80. The van der Waals surface area contributed by atoms with Crippen LogP contribution in [0.2, 0.25) is 0 Å². The molecule has 0 aliphatic heterocycles. The monoisotopic (exact) mass is 166 g/mol. The predicted octanol–water partition coefficient (Wildman–Crippen LogP) is 1.68. The van der Waals surface area contributed by atoms with Crippen molar-refractivity contribution in [2.24, 2.45) is 10.9 Å². The molecule has 0 heterocycles. The van der Waals surface area contributed by atoms with Crippen LogP contribution >= 0.6 is 0 Å². The summed E-state index contributed by atoms with van der Waals surface area (Å²) in [7, 11) is 0. The van der Waals surface area contributed by atoms with Gasteiger partial charge in [-0.05, 0) is 18.1 Å². The first-order chi connectivity index (χ1) is 5.79. The molecule has 2 N–H and O–H groups in total. The number of aryl methyl sites for hydroxylation is 1. The lowest BCUT2D eigenvalue weighted by Gasteiger charge is -2.02. The van der Waals surface area contributed by atoms with Crippen molar-refractivity contribution in [2.75, 3.05) is 0 Å². The molecule has 0 bridgehead atoms. The van der Waals surface area contributed by atoms with Gasteiger partial charge < -0.3 is 5.84 Å². The Bertz CT molecular complexity index is 295. The van der Waals surface area contributed by atoms with Crippen LogP contribution in [0.5, 0.6) is 0 Å². The third kappa shape index (κ3) is 1.61. The van der Waals surface area contributed by atoms with Gasteiger partial charge in [-0.1, -0.05) is 19.1 Å². The molecule has 12 heavy (non-hydrogen) atoms. The molecule has 2 nitrogen and oxygen atoms in total. The number of nitrogens with zero attached hydrogens (tertiary/aromatic N) is 1. The van der Waals surface area contributed by atoms with Crippen molar-refractivity contribution in [1.29, 1.82) is 0 Å². The van der Waals surface area contributed by atoms with Crippen molar-refractivity contribution in [3.63, 3.8) is 0 Å². The Morgan fingerprint density at radius 1 is 1.58 bits per heavy atom. The number of nitrogens with two attached hydrogens (primary N) is 1. The van der Waals surface area contributed by atoms with Crippen LogP contribution in [0.3, 0.4) is 0 Å². The van der Waals surface area contributed by atoms with Gasteiger partial charge >= 0.3 is 0 Å². The molecule has 0 radical (unpaired) electrons. The minimum absolute atomic E-state index is 0.274. The van der Waals surface area contributed by atoms with Crippen molar-refractivity contribution < 1.29 is 4.39 Å². The molecule has 1 aromatic rings. The van der Waals surface area contributed by atoms with E-state index in [4.69, 9.17) is 5.84 Å². The second-order valence-corrected chi connectivity index (χ2v) is 2.44. The van der Waals surface area contributed by atoms with E-state index < -0.39 is 0 Å². The molecule has 3 heteroatoms. The first kappa shape index (κ1) is 8.71. The molecule has 0 spiro atoms. The Hall–Kier alpha value is -1.38. The lowest BCUT2D eigenvalue weighted by atomic mass is 10.1. The van der Waals surface area contributed by atoms with E-state index in [9.17, 15) is 4.39 Å². The van der Waals surface area contributed by atoms with Crippen LogP contribution in [0.4, 0.5) is 4.39 Å². The van der Waals surface area contributed by atoms with E-state index in [1.54, 1.807) is 6.07 Å². The molecule has 0 aromatic heterocycles. The summed E-state index contributed by atoms with van der Waals surface area (Å²) in [5.41, 5.74) is 1.41. The smallest absolute Gasteiger partial charge is 0.132 e. The van der Waals surface area contributed by atoms with Crippen molar-refractivity contribution in [1.82, 2.24) is 0 Å². The highest BCUT2D eigenvalue weighted by Crippen LogP contribution is 2.11. The average molecular weight is 166 g/mol. The Morgan fingerprint density at radius 3 is 2.92 bits per heavy atom. The molecular formula is C9H11FN2. The minimum atomic E-state index is -0.274. The number of benzene rings is 1. The summed E-state index contributed by atoms with van der Waals surface area (Å²) in [5, 5.41) is 3.31. The van der Waals surface area contributed by atoms with Gasteiger partial charge in [-0.25, -0.2) is 4.39 Å². The molecule has 0 amide bonds. The maximum Gasteiger partial charge on any atom is 0.132 e. The minimum Gasteiger partial charge on any atom is -0.323 e. The van der Waals surface area contributed by atoms with Crippen LogP contribution in [-0.2, 0) is 6.42 Å². The third-order valence-corrected chi connectivity index (χ3v) is 1.73. The van der Waals surface area contributed by atoms with E-state index in [0.717, 1.165) is 12.0 Å². The van der Waals surface area contributed by atoms with Crippen LogP contribution in [0, 0.1) is 5.82 Å². The van der Waals surface area contributed by atoms with Crippen molar-refractivity contribution >= 4 is 6.21 Å². The number of rotatable bonds is 2. The van der Waals surface area contributed by atoms with Crippen LogP contribution in [0.15, 0.2) is 23.3 Å². The summed E-state index contributed by atoms with van der Waals surface area (Å²) < 4.78 is 13.1. The van der Waals surface area contributed by atoms with Gasteiger partial charge in [-0.15, -0.1) is 0 Å². The lowest BCUT2D eigenvalue weighted by molar-refractivity contribution is 0.623. The van der Waals surface area contributed by atoms with Gasteiger partial charge in [-0.2, -0.15) is 5.10 Å². The standard InChI is InChI=1S/C9H11FN2/c1-2-7-4-3-5-9(10)8(7)6-12-11/h3-6H,2,11H2,1H3/b12-6+. The fraction of sp³-hybridized carbons (Fsp3) is 0.222. The molecule has 1 aromatic carbocycles. The predicted molar refractivity (Wildman–Crippen MR) is 47.6 cm³/mol. The molecule has 0 saturated heterocycles. The molecule has 64 valence electrons.